The highest BCUT2D eigenvalue weighted by Gasteiger charge is 2.29. The van der Waals surface area contributed by atoms with Gasteiger partial charge in [0.1, 0.15) is 5.82 Å². The summed E-state index contributed by atoms with van der Waals surface area (Å²) in [6.45, 7) is 4.85. The van der Waals surface area contributed by atoms with Crippen LogP contribution in [0.25, 0.3) is 0 Å². The number of sulfonamides is 1. The van der Waals surface area contributed by atoms with Crippen LogP contribution >= 0.6 is 0 Å². The molecule has 0 amide bonds. The molecule has 1 aromatic carbocycles. The van der Waals surface area contributed by atoms with E-state index in [0.29, 0.717) is 19.5 Å². The number of hydrogen-bond acceptors (Lipinski definition) is 3. The van der Waals surface area contributed by atoms with Gasteiger partial charge in [-0.2, -0.15) is 0 Å². The SMILES string of the molecule is CCCS(=O)(=O)N1CCC(N(C)c2cc(C)cc(F)c2)CC1. The average molecular weight is 328 g/mol. The summed E-state index contributed by atoms with van der Waals surface area (Å²) in [7, 11) is -1.15. The van der Waals surface area contributed by atoms with E-state index < -0.39 is 10.0 Å². The van der Waals surface area contributed by atoms with Gasteiger partial charge in [-0.25, -0.2) is 17.1 Å². The summed E-state index contributed by atoms with van der Waals surface area (Å²) in [4.78, 5) is 2.07. The van der Waals surface area contributed by atoms with Crippen molar-refractivity contribution < 1.29 is 12.8 Å². The largest absolute Gasteiger partial charge is 0.371 e. The predicted molar refractivity (Wildman–Crippen MR) is 88.2 cm³/mol. The van der Waals surface area contributed by atoms with Crippen molar-refractivity contribution in [2.24, 2.45) is 0 Å². The molecule has 6 heteroatoms. The summed E-state index contributed by atoms with van der Waals surface area (Å²) >= 11 is 0. The summed E-state index contributed by atoms with van der Waals surface area (Å²) in [5, 5.41) is 0. The number of piperidine rings is 1. The van der Waals surface area contributed by atoms with Gasteiger partial charge >= 0.3 is 0 Å². The standard InChI is InChI=1S/C16H25FN2O2S/c1-4-9-22(20,21)19-7-5-15(6-8-19)18(3)16-11-13(2)10-14(17)12-16/h10-12,15H,4-9H2,1-3H3. The molecule has 1 aliphatic heterocycles. The van der Waals surface area contributed by atoms with Gasteiger partial charge < -0.3 is 4.90 Å². The van der Waals surface area contributed by atoms with E-state index in [0.717, 1.165) is 24.1 Å². The lowest BCUT2D eigenvalue weighted by Gasteiger charge is -2.37. The minimum Gasteiger partial charge on any atom is -0.371 e. The maximum absolute atomic E-state index is 13.5. The normalized spacial score (nSPS) is 17.6. The number of benzene rings is 1. The fourth-order valence-electron chi connectivity index (χ4n) is 3.03. The van der Waals surface area contributed by atoms with Gasteiger partial charge in [-0.1, -0.05) is 6.92 Å². The van der Waals surface area contributed by atoms with Crippen LogP contribution in [0.5, 0.6) is 0 Å². The van der Waals surface area contributed by atoms with Crippen LogP contribution in [-0.2, 0) is 10.0 Å². The third kappa shape index (κ3) is 3.98. The summed E-state index contributed by atoms with van der Waals surface area (Å²) in [6, 6.07) is 5.25. The Morgan fingerprint density at radius 2 is 1.91 bits per heavy atom. The molecule has 1 fully saturated rings. The minimum atomic E-state index is -3.11. The summed E-state index contributed by atoms with van der Waals surface area (Å²) in [5.41, 5.74) is 1.75. The quantitative estimate of drug-likeness (QED) is 0.834. The van der Waals surface area contributed by atoms with E-state index in [1.54, 1.807) is 4.31 Å². The van der Waals surface area contributed by atoms with Crippen LogP contribution in [0.2, 0.25) is 0 Å². The highest BCUT2D eigenvalue weighted by Crippen LogP contribution is 2.25. The molecule has 2 rings (SSSR count). The van der Waals surface area contributed by atoms with E-state index in [4.69, 9.17) is 0 Å². The van der Waals surface area contributed by atoms with Crippen LogP contribution < -0.4 is 4.90 Å². The number of rotatable bonds is 5. The minimum absolute atomic E-state index is 0.219. The molecule has 0 N–H and O–H groups in total. The van der Waals surface area contributed by atoms with E-state index in [2.05, 4.69) is 4.90 Å². The number of halogens is 1. The van der Waals surface area contributed by atoms with Crippen LogP contribution in [0, 0.1) is 12.7 Å². The molecule has 1 aliphatic rings. The second-order valence-corrected chi connectivity index (χ2v) is 8.13. The van der Waals surface area contributed by atoms with E-state index in [1.165, 1.54) is 12.1 Å². The molecule has 0 atom stereocenters. The first-order chi connectivity index (χ1) is 10.3. The van der Waals surface area contributed by atoms with E-state index in [9.17, 15) is 12.8 Å². The average Bonchev–Trinajstić information content (AvgIpc) is 2.45. The monoisotopic (exact) mass is 328 g/mol. The molecular weight excluding hydrogens is 303 g/mol. The Balaban J connectivity index is 2.02. The van der Waals surface area contributed by atoms with Gasteiger partial charge in [0, 0.05) is 31.9 Å². The molecule has 4 nitrogen and oxygen atoms in total. The topological polar surface area (TPSA) is 40.6 Å². The number of hydrogen-bond donors (Lipinski definition) is 0. The third-order valence-corrected chi connectivity index (χ3v) is 6.34. The molecular formula is C16H25FN2O2S. The lowest BCUT2D eigenvalue weighted by atomic mass is 10.0. The van der Waals surface area contributed by atoms with Crippen molar-refractivity contribution >= 4 is 15.7 Å². The summed E-state index contributed by atoms with van der Waals surface area (Å²) in [6.07, 6.45) is 2.19. The zero-order chi connectivity index (χ0) is 16.3. The van der Waals surface area contributed by atoms with E-state index >= 15 is 0 Å². The molecule has 0 unspecified atom stereocenters. The molecule has 124 valence electrons. The Morgan fingerprint density at radius 1 is 1.27 bits per heavy atom. The Bertz CT molecular complexity index is 590. The fraction of sp³-hybridized carbons (Fsp3) is 0.625. The Morgan fingerprint density at radius 3 is 2.45 bits per heavy atom. The maximum atomic E-state index is 13.5. The molecule has 0 saturated carbocycles. The Kier molecular flexibility index (Phi) is 5.45. The second kappa shape index (κ2) is 6.96. The number of aryl methyl sites for hydroxylation is 1. The smallest absolute Gasteiger partial charge is 0.214 e. The Hall–Kier alpha value is -1.14. The Labute approximate surface area is 133 Å². The molecule has 1 heterocycles. The van der Waals surface area contributed by atoms with Crippen molar-refractivity contribution in [1.29, 1.82) is 0 Å². The first kappa shape index (κ1) is 17.2. The fourth-order valence-corrected chi connectivity index (χ4v) is 4.57. The molecule has 0 radical (unpaired) electrons. The van der Waals surface area contributed by atoms with Crippen LogP contribution in [0.3, 0.4) is 0 Å². The van der Waals surface area contributed by atoms with Gasteiger partial charge in [-0.05, 0) is 49.9 Å². The van der Waals surface area contributed by atoms with Gasteiger partial charge in [-0.3, -0.25) is 0 Å². The van der Waals surface area contributed by atoms with Crippen molar-refractivity contribution in [3.8, 4) is 0 Å². The molecule has 22 heavy (non-hydrogen) atoms. The van der Waals surface area contributed by atoms with Crippen molar-refractivity contribution in [2.45, 2.75) is 39.2 Å². The van der Waals surface area contributed by atoms with Crippen LogP contribution in [0.4, 0.5) is 10.1 Å². The molecule has 1 saturated heterocycles. The van der Waals surface area contributed by atoms with Crippen LogP contribution in [-0.4, -0.2) is 44.7 Å². The van der Waals surface area contributed by atoms with E-state index in [-0.39, 0.29) is 17.6 Å². The summed E-state index contributed by atoms with van der Waals surface area (Å²) < 4.78 is 39.3. The molecule has 0 aliphatic carbocycles. The van der Waals surface area contributed by atoms with Crippen LogP contribution in [0.15, 0.2) is 18.2 Å². The second-order valence-electron chi connectivity index (χ2n) is 6.04. The van der Waals surface area contributed by atoms with Crippen molar-refractivity contribution in [1.82, 2.24) is 4.31 Å². The van der Waals surface area contributed by atoms with Crippen molar-refractivity contribution in [3.05, 3.63) is 29.6 Å². The van der Waals surface area contributed by atoms with Crippen molar-refractivity contribution in [3.63, 3.8) is 0 Å². The molecule has 1 aromatic rings. The predicted octanol–water partition coefficient (Wildman–Crippen LogP) is 2.77. The maximum Gasteiger partial charge on any atom is 0.214 e. The van der Waals surface area contributed by atoms with Gasteiger partial charge in [0.05, 0.1) is 5.75 Å². The van der Waals surface area contributed by atoms with Crippen molar-refractivity contribution in [2.75, 3.05) is 30.8 Å². The van der Waals surface area contributed by atoms with Gasteiger partial charge in [-0.15, -0.1) is 0 Å². The van der Waals surface area contributed by atoms with Crippen LogP contribution in [0.1, 0.15) is 31.7 Å². The van der Waals surface area contributed by atoms with Gasteiger partial charge in [0.2, 0.25) is 10.0 Å². The number of nitrogens with zero attached hydrogens (tertiary/aromatic N) is 2. The molecule has 0 aromatic heterocycles. The molecule has 0 spiro atoms. The lowest BCUT2D eigenvalue weighted by molar-refractivity contribution is 0.314. The van der Waals surface area contributed by atoms with E-state index in [1.807, 2.05) is 27.0 Å². The zero-order valence-corrected chi connectivity index (χ0v) is 14.4. The molecule has 0 bridgehead atoms. The first-order valence-corrected chi connectivity index (χ1v) is 9.42. The summed E-state index contributed by atoms with van der Waals surface area (Å²) in [5.74, 6) is -0.0128. The van der Waals surface area contributed by atoms with Gasteiger partial charge in [0.25, 0.3) is 0 Å². The first-order valence-electron chi connectivity index (χ1n) is 7.81. The van der Waals surface area contributed by atoms with Gasteiger partial charge in [0.15, 0.2) is 0 Å². The lowest BCUT2D eigenvalue weighted by Crippen LogP contribution is -2.46. The zero-order valence-electron chi connectivity index (χ0n) is 13.5. The highest BCUT2D eigenvalue weighted by atomic mass is 32.2. The highest BCUT2D eigenvalue weighted by molar-refractivity contribution is 7.89. The third-order valence-electron chi connectivity index (χ3n) is 4.26. The number of anilines is 1.